The molecule has 1 N–H and O–H groups in total. The summed E-state index contributed by atoms with van der Waals surface area (Å²) < 4.78 is 5.03. The lowest BCUT2D eigenvalue weighted by molar-refractivity contribution is 0.0601. The monoisotopic (exact) mass is 235 g/mol. The first-order valence-electron chi connectivity index (χ1n) is 6.17. The standard InChI is InChI=1S/C12H17N3O2/c1-8-4-11(17-14-8)12(16)15-3-2-9-5-13-6-10(9)7-15/h4,9-10,13H,2-3,5-7H2,1H3. The fourth-order valence-corrected chi connectivity index (χ4v) is 2.84. The first-order valence-corrected chi connectivity index (χ1v) is 6.17. The van der Waals surface area contributed by atoms with Crippen LogP contribution in [-0.2, 0) is 0 Å². The molecule has 2 unspecified atom stereocenters. The van der Waals surface area contributed by atoms with Gasteiger partial charge in [-0.1, -0.05) is 5.16 Å². The molecule has 0 saturated carbocycles. The number of hydrogen-bond donors (Lipinski definition) is 1. The highest BCUT2D eigenvalue weighted by atomic mass is 16.5. The molecule has 0 radical (unpaired) electrons. The summed E-state index contributed by atoms with van der Waals surface area (Å²) >= 11 is 0. The fraction of sp³-hybridized carbons (Fsp3) is 0.667. The van der Waals surface area contributed by atoms with Gasteiger partial charge in [0.05, 0.1) is 5.69 Å². The van der Waals surface area contributed by atoms with Gasteiger partial charge in [0.2, 0.25) is 5.76 Å². The third-order valence-electron chi connectivity index (χ3n) is 3.83. The van der Waals surface area contributed by atoms with E-state index in [1.165, 1.54) is 0 Å². The lowest BCUT2D eigenvalue weighted by Gasteiger charge is -2.33. The van der Waals surface area contributed by atoms with Crippen molar-refractivity contribution < 1.29 is 9.32 Å². The molecule has 1 amide bonds. The van der Waals surface area contributed by atoms with E-state index in [4.69, 9.17) is 4.52 Å². The van der Waals surface area contributed by atoms with E-state index in [1.807, 2.05) is 11.8 Å². The number of aromatic nitrogens is 1. The molecule has 17 heavy (non-hydrogen) atoms. The van der Waals surface area contributed by atoms with Gasteiger partial charge in [-0.3, -0.25) is 4.79 Å². The summed E-state index contributed by atoms with van der Waals surface area (Å²) in [7, 11) is 0. The molecule has 2 fully saturated rings. The summed E-state index contributed by atoms with van der Waals surface area (Å²) in [5.41, 5.74) is 0.755. The predicted molar refractivity (Wildman–Crippen MR) is 61.6 cm³/mol. The Balaban J connectivity index is 1.70. The van der Waals surface area contributed by atoms with Crippen LogP contribution in [0.1, 0.15) is 22.7 Å². The van der Waals surface area contributed by atoms with Gasteiger partial charge in [0, 0.05) is 19.2 Å². The van der Waals surface area contributed by atoms with E-state index in [2.05, 4.69) is 10.5 Å². The number of piperidine rings is 1. The normalized spacial score (nSPS) is 28.2. The van der Waals surface area contributed by atoms with Crippen molar-refractivity contribution in [1.29, 1.82) is 0 Å². The van der Waals surface area contributed by atoms with Crippen LogP contribution in [0.2, 0.25) is 0 Å². The summed E-state index contributed by atoms with van der Waals surface area (Å²) in [5, 5.41) is 7.16. The van der Waals surface area contributed by atoms with Gasteiger partial charge in [-0.2, -0.15) is 0 Å². The van der Waals surface area contributed by atoms with Gasteiger partial charge in [-0.25, -0.2) is 0 Å². The van der Waals surface area contributed by atoms with Crippen LogP contribution in [0.15, 0.2) is 10.6 Å². The first kappa shape index (κ1) is 10.8. The second-order valence-corrected chi connectivity index (χ2v) is 5.05. The maximum Gasteiger partial charge on any atom is 0.292 e. The first-order chi connectivity index (χ1) is 8.24. The van der Waals surface area contributed by atoms with Crippen LogP contribution in [0.4, 0.5) is 0 Å². The molecule has 5 nitrogen and oxygen atoms in total. The molecule has 0 spiro atoms. The maximum atomic E-state index is 12.2. The molecule has 3 rings (SSSR count). The van der Waals surface area contributed by atoms with Gasteiger partial charge in [0.15, 0.2) is 0 Å². The number of hydrogen-bond acceptors (Lipinski definition) is 4. The topological polar surface area (TPSA) is 58.4 Å². The van der Waals surface area contributed by atoms with E-state index >= 15 is 0 Å². The van der Waals surface area contributed by atoms with E-state index in [0.717, 1.165) is 44.2 Å². The Morgan fingerprint density at radius 1 is 1.53 bits per heavy atom. The average molecular weight is 235 g/mol. The average Bonchev–Trinajstić information content (AvgIpc) is 2.95. The van der Waals surface area contributed by atoms with Crippen molar-refractivity contribution in [2.24, 2.45) is 11.8 Å². The Morgan fingerprint density at radius 3 is 3.12 bits per heavy atom. The highest BCUT2D eigenvalue weighted by molar-refractivity contribution is 5.91. The zero-order valence-electron chi connectivity index (χ0n) is 9.98. The quantitative estimate of drug-likeness (QED) is 0.777. The summed E-state index contributed by atoms with van der Waals surface area (Å²) in [6.07, 6.45) is 1.09. The van der Waals surface area contributed by atoms with E-state index in [9.17, 15) is 4.79 Å². The molecular formula is C12H17N3O2. The lowest BCUT2D eigenvalue weighted by Crippen LogP contribution is -2.43. The number of carbonyl (C=O) groups excluding carboxylic acids is 1. The molecule has 1 aromatic rings. The van der Waals surface area contributed by atoms with Crippen LogP contribution in [0, 0.1) is 18.8 Å². The minimum atomic E-state index is -0.0176. The number of carbonyl (C=O) groups is 1. The zero-order valence-corrected chi connectivity index (χ0v) is 9.98. The van der Waals surface area contributed by atoms with E-state index in [1.54, 1.807) is 6.07 Å². The van der Waals surface area contributed by atoms with E-state index < -0.39 is 0 Å². The second kappa shape index (κ2) is 4.14. The fourth-order valence-electron chi connectivity index (χ4n) is 2.84. The molecule has 2 aliphatic rings. The summed E-state index contributed by atoms with van der Waals surface area (Å²) in [6, 6.07) is 1.71. The second-order valence-electron chi connectivity index (χ2n) is 5.05. The van der Waals surface area contributed by atoms with Gasteiger partial charge in [-0.05, 0) is 38.3 Å². The summed E-state index contributed by atoms with van der Waals surface area (Å²) in [4.78, 5) is 14.1. The number of fused-ring (bicyclic) bond motifs is 1. The molecule has 5 heteroatoms. The number of rotatable bonds is 1. The van der Waals surface area contributed by atoms with Crippen molar-refractivity contribution in [3.05, 3.63) is 17.5 Å². The van der Waals surface area contributed by atoms with Crippen LogP contribution in [0.5, 0.6) is 0 Å². The van der Waals surface area contributed by atoms with Crippen LogP contribution < -0.4 is 5.32 Å². The molecule has 2 aliphatic heterocycles. The van der Waals surface area contributed by atoms with Gasteiger partial charge in [-0.15, -0.1) is 0 Å². The zero-order chi connectivity index (χ0) is 11.8. The lowest BCUT2D eigenvalue weighted by atomic mass is 9.88. The number of likely N-dealkylation sites (tertiary alicyclic amines) is 1. The third-order valence-corrected chi connectivity index (χ3v) is 3.83. The van der Waals surface area contributed by atoms with Crippen LogP contribution >= 0.6 is 0 Å². The maximum absolute atomic E-state index is 12.2. The molecule has 1 aromatic heterocycles. The molecule has 0 aliphatic carbocycles. The highest BCUT2D eigenvalue weighted by Gasteiger charge is 2.35. The van der Waals surface area contributed by atoms with Crippen molar-refractivity contribution in [3.8, 4) is 0 Å². The van der Waals surface area contributed by atoms with Gasteiger partial charge >= 0.3 is 0 Å². The van der Waals surface area contributed by atoms with Crippen LogP contribution in [0.25, 0.3) is 0 Å². The Kier molecular flexibility index (Phi) is 2.63. The van der Waals surface area contributed by atoms with E-state index in [0.29, 0.717) is 11.7 Å². The predicted octanol–water partition coefficient (Wildman–Crippen LogP) is 0.665. The SMILES string of the molecule is Cc1cc(C(=O)N2CCC3CNCC3C2)on1. The summed E-state index contributed by atoms with van der Waals surface area (Å²) in [6.45, 7) is 5.64. The van der Waals surface area contributed by atoms with Crippen molar-refractivity contribution in [2.75, 3.05) is 26.2 Å². The van der Waals surface area contributed by atoms with Crippen molar-refractivity contribution in [2.45, 2.75) is 13.3 Å². The third kappa shape index (κ3) is 1.95. The highest BCUT2D eigenvalue weighted by Crippen LogP contribution is 2.27. The largest absolute Gasteiger partial charge is 0.351 e. The molecule has 0 aromatic carbocycles. The Labute approximate surface area is 100 Å². The summed E-state index contributed by atoms with van der Waals surface area (Å²) in [5.74, 6) is 1.70. The van der Waals surface area contributed by atoms with Gasteiger partial charge in [0.1, 0.15) is 0 Å². The molecular weight excluding hydrogens is 218 g/mol. The smallest absolute Gasteiger partial charge is 0.292 e. The van der Waals surface area contributed by atoms with Gasteiger partial charge in [0.25, 0.3) is 5.91 Å². The molecule has 0 bridgehead atoms. The number of nitrogens with one attached hydrogen (secondary N) is 1. The van der Waals surface area contributed by atoms with Gasteiger partial charge < -0.3 is 14.7 Å². The van der Waals surface area contributed by atoms with Crippen molar-refractivity contribution >= 4 is 5.91 Å². The Hall–Kier alpha value is -1.36. The number of nitrogens with zero attached hydrogens (tertiary/aromatic N) is 2. The van der Waals surface area contributed by atoms with Crippen LogP contribution in [-0.4, -0.2) is 42.1 Å². The molecule has 2 saturated heterocycles. The number of aryl methyl sites for hydroxylation is 1. The van der Waals surface area contributed by atoms with Crippen molar-refractivity contribution in [3.63, 3.8) is 0 Å². The molecule has 92 valence electrons. The van der Waals surface area contributed by atoms with E-state index in [-0.39, 0.29) is 5.91 Å². The van der Waals surface area contributed by atoms with Crippen molar-refractivity contribution in [1.82, 2.24) is 15.4 Å². The Morgan fingerprint density at radius 2 is 2.35 bits per heavy atom. The molecule has 3 heterocycles. The minimum absolute atomic E-state index is 0.0176. The minimum Gasteiger partial charge on any atom is -0.351 e. The Bertz CT molecular complexity index is 429. The van der Waals surface area contributed by atoms with Crippen LogP contribution in [0.3, 0.4) is 0 Å². The molecule has 2 atom stereocenters. The number of amides is 1.